The van der Waals surface area contributed by atoms with Gasteiger partial charge < -0.3 is 11.1 Å². The molecule has 11 heavy (non-hydrogen) atoms. The Morgan fingerprint density at radius 2 is 2.18 bits per heavy atom. The van der Waals surface area contributed by atoms with Crippen molar-refractivity contribution in [3.8, 4) is 0 Å². The number of hydrogen-bond acceptors (Lipinski definition) is 2. The molecule has 2 nitrogen and oxygen atoms in total. The van der Waals surface area contributed by atoms with Gasteiger partial charge in [0.1, 0.15) is 0 Å². The smallest absolute Gasteiger partial charge is 0.00675 e. The van der Waals surface area contributed by atoms with Crippen molar-refractivity contribution in [2.45, 2.75) is 44.6 Å². The molecule has 1 saturated heterocycles. The van der Waals surface area contributed by atoms with Gasteiger partial charge in [0.25, 0.3) is 0 Å². The van der Waals surface area contributed by atoms with Gasteiger partial charge in [0, 0.05) is 6.04 Å². The van der Waals surface area contributed by atoms with Crippen LogP contribution in [0, 0.1) is 0 Å². The van der Waals surface area contributed by atoms with E-state index in [1.165, 1.54) is 45.1 Å². The van der Waals surface area contributed by atoms with Crippen molar-refractivity contribution in [1.82, 2.24) is 5.32 Å². The highest BCUT2D eigenvalue weighted by molar-refractivity contribution is 4.70. The Bertz CT molecular complexity index is 85.6. The molecule has 0 saturated carbocycles. The van der Waals surface area contributed by atoms with Crippen LogP contribution in [0.3, 0.4) is 0 Å². The predicted octanol–water partition coefficient (Wildman–Crippen LogP) is 1.26. The van der Waals surface area contributed by atoms with Crippen molar-refractivity contribution in [1.29, 1.82) is 0 Å². The van der Waals surface area contributed by atoms with E-state index in [0.717, 1.165) is 12.6 Å². The van der Waals surface area contributed by atoms with E-state index in [4.69, 9.17) is 5.73 Å². The third-order valence-electron chi connectivity index (χ3n) is 2.42. The number of nitrogens with two attached hydrogens (primary N) is 1. The first-order chi connectivity index (χ1) is 5.43. The molecular weight excluding hydrogens is 136 g/mol. The van der Waals surface area contributed by atoms with Gasteiger partial charge >= 0.3 is 0 Å². The molecule has 2 heteroatoms. The summed E-state index contributed by atoms with van der Waals surface area (Å²) in [5.41, 5.74) is 5.46. The van der Waals surface area contributed by atoms with Gasteiger partial charge in [-0.3, -0.25) is 0 Å². The number of rotatable bonds is 3. The van der Waals surface area contributed by atoms with Gasteiger partial charge in [-0.15, -0.1) is 0 Å². The minimum absolute atomic E-state index is 0.765. The van der Waals surface area contributed by atoms with Crippen molar-refractivity contribution in [3.05, 3.63) is 0 Å². The molecule has 1 unspecified atom stereocenters. The Morgan fingerprint density at radius 1 is 1.27 bits per heavy atom. The second-order valence-corrected chi connectivity index (χ2v) is 3.43. The maximum absolute atomic E-state index is 5.46. The third kappa shape index (κ3) is 3.73. The molecule has 66 valence electrons. The lowest BCUT2D eigenvalue weighted by Gasteiger charge is -2.14. The molecule has 1 rings (SSSR count). The van der Waals surface area contributed by atoms with Gasteiger partial charge in [-0.2, -0.15) is 0 Å². The predicted molar refractivity (Wildman–Crippen MR) is 48.5 cm³/mol. The lowest BCUT2D eigenvalue weighted by molar-refractivity contribution is 0.467. The molecule has 1 heterocycles. The molecule has 1 atom stereocenters. The van der Waals surface area contributed by atoms with Gasteiger partial charge in [-0.05, 0) is 38.8 Å². The Hall–Kier alpha value is -0.0800. The summed E-state index contributed by atoms with van der Waals surface area (Å²) in [6.45, 7) is 2.06. The highest BCUT2D eigenvalue weighted by atomic mass is 14.9. The van der Waals surface area contributed by atoms with Crippen LogP contribution in [0.2, 0.25) is 0 Å². The molecule has 1 aliphatic heterocycles. The lowest BCUT2D eigenvalue weighted by atomic mass is 10.1. The Labute approximate surface area is 69.5 Å². The molecule has 0 aromatic carbocycles. The fourth-order valence-corrected chi connectivity index (χ4v) is 1.71. The average Bonchev–Trinajstić information content (AvgIpc) is 2.28. The second kappa shape index (κ2) is 5.56. The van der Waals surface area contributed by atoms with Crippen molar-refractivity contribution >= 4 is 0 Å². The molecular formula is C9H20N2. The molecule has 0 amide bonds. The molecule has 0 bridgehead atoms. The summed E-state index contributed by atoms with van der Waals surface area (Å²) in [4.78, 5) is 0. The molecule has 1 fully saturated rings. The highest BCUT2D eigenvalue weighted by Gasteiger charge is 2.09. The molecule has 0 aromatic rings. The summed E-state index contributed by atoms with van der Waals surface area (Å²) in [6.07, 6.45) is 7.99. The van der Waals surface area contributed by atoms with Crippen molar-refractivity contribution in [2.75, 3.05) is 13.1 Å². The summed E-state index contributed by atoms with van der Waals surface area (Å²) in [6, 6.07) is 0.765. The highest BCUT2D eigenvalue weighted by Crippen LogP contribution is 2.11. The monoisotopic (exact) mass is 156 g/mol. The maximum Gasteiger partial charge on any atom is 0.00675 e. The SMILES string of the molecule is NCCCC1CCCCCN1. The van der Waals surface area contributed by atoms with Crippen LogP contribution < -0.4 is 11.1 Å². The van der Waals surface area contributed by atoms with Crippen LogP contribution in [0.1, 0.15) is 38.5 Å². The topological polar surface area (TPSA) is 38.0 Å². The van der Waals surface area contributed by atoms with E-state index < -0.39 is 0 Å². The normalized spacial score (nSPS) is 26.5. The largest absolute Gasteiger partial charge is 0.330 e. The van der Waals surface area contributed by atoms with Gasteiger partial charge in [-0.1, -0.05) is 12.8 Å². The summed E-state index contributed by atoms with van der Waals surface area (Å²) >= 11 is 0. The molecule has 0 aliphatic carbocycles. The lowest BCUT2D eigenvalue weighted by Crippen LogP contribution is -2.28. The summed E-state index contributed by atoms with van der Waals surface area (Å²) in [7, 11) is 0. The number of hydrogen-bond donors (Lipinski definition) is 2. The first kappa shape index (κ1) is 9.01. The zero-order valence-electron chi connectivity index (χ0n) is 7.31. The standard InChI is InChI=1S/C9H20N2/c10-7-4-6-9-5-2-1-3-8-11-9/h9,11H,1-8,10H2. The Balaban J connectivity index is 2.09. The van der Waals surface area contributed by atoms with Crippen LogP contribution in [0.25, 0.3) is 0 Å². The van der Waals surface area contributed by atoms with Crippen LogP contribution in [0.5, 0.6) is 0 Å². The van der Waals surface area contributed by atoms with Crippen molar-refractivity contribution in [3.63, 3.8) is 0 Å². The summed E-state index contributed by atoms with van der Waals surface area (Å²) < 4.78 is 0. The van der Waals surface area contributed by atoms with E-state index >= 15 is 0 Å². The van der Waals surface area contributed by atoms with E-state index in [2.05, 4.69) is 5.32 Å². The minimum Gasteiger partial charge on any atom is -0.330 e. The van der Waals surface area contributed by atoms with Gasteiger partial charge in [-0.25, -0.2) is 0 Å². The average molecular weight is 156 g/mol. The Morgan fingerprint density at radius 3 is 3.00 bits per heavy atom. The fourth-order valence-electron chi connectivity index (χ4n) is 1.71. The Kier molecular flexibility index (Phi) is 4.55. The van der Waals surface area contributed by atoms with Crippen LogP contribution in [0.4, 0.5) is 0 Å². The third-order valence-corrected chi connectivity index (χ3v) is 2.42. The zero-order chi connectivity index (χ0) is 7.94. The van der Waals surface area contributed by atoms with E-state index in [9.17, 15) is 0 Å². The van der Waals surface area contributed by atoms with Crippen molar-refractivity contribution < 1.29 is 0 Å². The van der Waals surface area contributed by atoms with Crippen molar-refractivity contribution in [2.24, 2.45) is 5.73 Å². The quantitative estimate of drug-likeness (QED) is 0.645. The van der Waals surface area contributed by atoms with Crippen LogP contribution in [0.15, 0.2) is 0 Å². The summed E-state index contributed by atoms with van der Waals surface area (Å²) in [5, 5.41) is 3.56. The minimum atomic E-state index is 0.765. The molecule has 0 radical (unpaired) electrons. The fraction of sp³-hybridized carbons (Fsp3) is 1.00. The zero-order valence-corrected chi connectivity index (χ0v) is 7.31. The first-order valence-electron chi connectivity index (χ1n) is 4.87. The molecule has 0 spiro atoms. The van der Waals surface area contributed by atoms with Gasteiger partial charge in [0.05, 0.1) is 0 Å². The molecule has 3 N–H and O–H groups in total. The van der Waals surface area contributed by atoms with Crippen LogP contribution >= 0.6 is 0 Å². The van der Waals surface area contributed by atoms with Gasteiger partial charge in [0.15, 0.2) is 0 Å². The first-order valence-corrected chi connectivity index (χ1v) is 4.87. The maximum atomic E-state index is 5.46. The van der Waals surface area contributed by atoms with E-state index in [1.54, 1.807) is 0 Å². The van der Waals surface area contributed by atoms with E-state index in [1.807, 2.05) is 0 Å². The van der Waals surface area contributed by atoms with Gasteiger partial charge in [0.2, 0.25) is 0 Å². The van der Waals surface area contributed by atoms with E-state index in [0.29, 0.717) is 0 Å². The second-order valence-electron chi connectivity index (χ2n) is 3.43. The van der Waals surface area contributed by atoms with Crippen LogP contribution in [-0.2, 0) is 0 Å². The number of nitrogens with one attached hydrogen (secondary N) is 1. The van der Waals surface area contributed by atoms with Crippen LogP contribution in [-0.4, -0.2) is 19.1 Å². The van der Waals surface area contributed by atoms with E-state index in [-0.39, 0.29) is 0 Å². The molecule has 0 aromatic heterocycles. The summed E-state index contributed by atoms with van der Waals surface area (Å²) in [5.74, 6) is 0. The molecule has 1 aliphatic rings.